The number of alkyl halides is 3. The fourth-order valence-electron chi connectivity index (χ4n) is 4.14. The zero-order chi connectivity index (χ0) is 23.7. The first-order chi connectivity index (χ1) is 16.4. The van der Waals surface area contributed by atoms with E-state index in [1.165, 1.54) is 18.6 Å². The van der Waals surface area contributed by atoms with Crippen LogP contribution in [0.4, 0.5) is 29.3 Å². The van der Waals surface area contributed by atoms with Gasteiger partial charge in [0.1, 0.15) is 0 Å². The van der Waals surface area contributed by atoms with E-state index in [2.05, 4.69) is 20.4 Å². The maximum absolute atomic E-state index is 12.9. The lowest BCUT2D eigenvalue weighted by Crippen LogP contribution is -2.50. The van der Waals surface area contributed by atoms with Gasteiger partial charge in [0.15, 0.2) is 0 Å². The van der Waals surface area contributed by atoms with Gasteiger partial charge in [0.2, 0.25) is 11.7 Å². The number of piperazine rings is 1. The minimum Gasteiger partial charge on any atom is -0.368 e. The fraction of sp³-hybridized carbons (Fsp3) is 0.375. The summed E-state index contributed by atoms with van der Waals surface area (Å²) in [5, 5.41) is 6.67. The Kier molecular flexibility index (Phi) is 5.89. The molecule has 0 radical (unpaired) electrons. The highest BCUT2D eigenvalue weighted by Gasteiger charge is 2.31. The smallest absolute Gasteiger partial charge is 0.368 e. The van der Waals surface area contributed by atoms with Crippen LogP contribution < -0.4 is 10.2 Å². The number of nitrogens with zero attached hydrogens (tertiary/aromatic N) is 4. The van der Waals surface area contributed by atoms with Gasteiger partial charge in [-0.25, -0.2) is 4.79 Å². The van der Waals surface area contributed by atoms with Gasteiger partial charge in [-0.05, 0) is 55.3 Å². The van der Waals surface area contributed by atoms with Crippen LogP contribution in [0.15, 0.2) is 53.1 Å². The van der Waals surface area contributed by atoms with Gasteiger partial charge in [-0.15, -0.1) is 0 Å². The van der Waals surface area contributed by atoms with Gasteiger partial charge >= 0.3 is 12.2 Å². The third-order valence-electron chi connectivity index (χ3n) is 6.39. The maximum Gasteiger partial charge on any atom is 0.416 e. The molecule has 0 spiro atoms. The van der Waals surface area contributed by atoms with Crippen molar-refractivity contribution in [1.29, 1.82) is 0 Å². The van der Waals surface area contributed by atoms with Gasteiger partial charge in [0.25, 0.3) is 0 Å². The normalized spacial score (nSPS) is 16.9. The van der Waals surface area contributed by atoms with Crippen molar-refractivity contribution in [1.82, 2.24) is 15.0 Å². The van der Waals surface area contributed by atoms with Gasteiger partial charge in [0, 0.05) is 49.0 Å². The second-order valence-electron chi connectivity index (χ2n) is 8.61. The average Bonchev–Trinajstić information content (AvgIpc) is 3.27. The van der Waals surface area contributed by atoms with E-state index in [-0.39, 0.29) is 5.69 Å². The highest BCUT2D eigenvalue weighted by Crippen LogP contribution is 2.36. The van der Waals surface area contributed by atoms with Crippen molar-refractivity contribution in [3.05, 3.63) is 60.0 Å². The number of rotatable bonds is 4. The van der Waals surface area contributed by atoms with Crippen molar-refractivity contribution < 1.29 is 22.5 Å². The number of carbonyl (C=O) groups is 1. The van der Waals surface area contributed by atoms with Crippen molar-refractivity contribution >= 4 is 17.4 Å². The molecule has 10 heteroatoms. The van der Waals surface area contributed by atoms with E-state index in [0.29, 0.717) is 43.8 Å². The molecule has 1 saturated heterocycles. The molecule has 2 amide bonds. The first-order valence-electron chi connectivity index (χ1n) is 11.3. The Bertz CT molecular complexity index is 1150. The van der Waals surface area contributed by atoms with E-state index in [9.17, 15) is 18.0 Å². The van der Waals surface area contributed by atoms with E-state index < -0.39 is 17.8 Å². The van der Waals surface area contributed by atoms with Crippen LogP contribution in [0.2, 0.25) is 0 Å². The number of anilines is 2. The summed E-state index contributed by atoms with van der Waals surface area (Å²) in [6.45, 7) is 2.15. The summed E-state index contributed by atoms with van der Waals surface area (Å²) in [7, 11) is 0. The van der Waals surface area contributed by atoms with Crippen LogP contribution in [0.3, 0.4) is 0 Å². The second kappa shape index (κ2) is 9.00. The quantitative estimate of drug-likeness (QED) is 0.553. The number of nitrogens with one attached hydrogen (secondary N) is 1. The number of aromatic nitrogens is 2. The van der Waals surface area contributed by atoms with Crippen molar-refractivity contribution in [2.24, 2.45) is 0 Å². The van der Waals surface area contributed by atoms with Crippen LogP contribution in [0.1, 0.15) is 36.6 Å². The molecule has 1 N–H and O–H groups in total. The summed E-state index contributed by atoms with van der Waals surface area (Å²) in [6, 6.07) is 12.1. The van der Waals surface area contributed by atoms with E-state index in [1.54, 1.807) is 4.90 Å². The van der Waals surface area contributed by atoms with Gasteiger partial charge < -0.3 is 19.6 Å². The van der Waals surface area contributed by atoms with E-state index >= 15 is 0 Å². The zero-order valence-corrected chi connectivity index (χ0v) is 18.4. The molecule has 3 aromatic rings. The first-order valence-corrected chi connectivity index (χ1v) is 11.3. The lowest BCUT2D eigenvalue weighted by Gasteiger charge is -2.36. The molecule has 34 heavy (non-hydrogen) atoms. The Hall–Kier alpha value is -3.56. The molecule has 2 aliphatic rings. The summed E-state index contributed by atoms with van der Waals surface area (Å²) < 4.78 is 44.1. The number of benzene rings is 2. The molecule has 1 aliphatic heterocycles. The lowest BCUT2D eigenvalue weighted by atomic mass is 9.85. The molecule has 2 aromatic carbocycles. The highest BCUT2D eigenvalue weighted by molar-refractivity contribution is 5.89. The predicted molar refractivity (Wildman–Crippen MR) is 121 cm³/mol. The Labute approximate surface area is 194 Å². The Morgan fingerprint density at radius 3 is 2.41 bits per heavy atom. The minimum absolute atomic E-state index is 0.125. The summed E-state index contributed by atoms with van der Waals surface area (Å²) >= 11 is 0. The topological polar surface area (TPSA) is 74.5 Å². The highest BCUT2D eigenvalue weighted by atomic mass is 19.4. The molecule has 7 nitrogen and oxygen atoms in total. The van der Waals surface area contributed by atoms with Gasteiger partial charge in [-0.1, -0.05) is 17.6 Å². The molecular weight excluding hydrogens is 447 g/mol. The Morgan fingerprint density at radius 2 is 1.76 bits per heavy atom. The number of hydrogen-bond donors (Lipinski definition) is 1. The number of carbonyl (C=O) groups excluding carboxylic acids is 1. The molecule has 0 atom stereocenters. The van der Waals surface area contributed by atoms with Crippen LogP contribution in [0, 0.1) is 0 Å². The second-order valence-corrected chi connectivity index (χ2v) is 8.61. The summed E-state index contributed by atoms with van der Waals surface area (Å²) in [5.41, 5.74) is 1.24. The van der Waals surface area contributed by atoms with Crippen molar-refractivity contribution in [2.45, 2.75) is 31.4 Å². The molecule has 2 heterocycles. The first kappa shape index (κ1) is 22.2. The van der Waals surface area contributed by atoms with Gasteiger partial charge in [0.05, 0.1) is 5.56 Å². The van der Waals surface area contributed by atoms with Crippen LogP contribution in [-0.4, -0.2) is 47.3 Å². The van der Waals surface area contributed by atoms with Gasteiger partial charge in [-0.3, -0.25) is 0 Å². The standard InChI is InChI=1S/C24H24F3N5O2/c25-24(26,27)18-5-2-6-19(15-18)28-23(33)32-13-11-31(12-14-32)20-9-7-16(8-10-20)21-29-22(34-30-21)17-3-1-4-17/h2,5-10,15,17H,1,3-4,11-14H2,(H,28,33). The molecule has 1 aliphatic carbocycles. The van der Waals surface area contributed by atoms with Crippen molar-refractivity contribution in [3.8, 4) is 11.4 Å². The third kappa shape index (κ3) is 4.71. The van der Waals surface area contributed by atoms with Crippen LogP contribution >= 0.6 is 0 Å². The van der Waals surface area contributed by atoms with E-state index in [4.69, 9.17) is 4.52 Å². The van der Waals surface area contributed by atoms with E-state index in [0.717, 1.165) is 36.2 Å². The summed E-state index contributed by atoms with van der Waals surface area (Å²) in [5.74, 6) is 1.69. The van der Waals surface area contributed by atoms with Crippen molar-refractivity contribution in [3.63, 3.8) is 0 Å². The number of halogens is 3. The largest absolute Gasteiger partial charge is 0.416 e. The lowest BCUT2D eigenvalue weighted by molar-refractivity contribution is -0.137. The van der Waals surface area contributed by atoms with Crippen LogP contribution in [0.5, 0.6) is 0 Å². The van der Waals surface area contributed by atoms with Crippen LogP contribution in [0.25, 0.3) is 11.4 Å². The van der Waals surface area contributed by atoms with Crippen LogP contribution in [-0.2, 0) is 6.18 Å². The molecule has 0 unspecified atom stereocenters. The summed E-state index contributed by atoms with van der Waals surface area (Å²) in [6.07, 6.45) is -1.04. The maximum atomic E-state index is 12.9. The average molecular weight is 471 g/mol. The summed E-state index contributed by atoms with van der Waals surface area (Å²) in [4.78, 5) is 20.8. The molecular formula is C24H24F3N5O2. The predicted octanol–water partition coefficient (Wildman–Crippen LogP) is 5.38. The Balaban J connectivity index is 1.16. The SMILES string of the molecule is O=C(Nc1cccc(C(F)(F)F)c1)N1CCN(c2ccc(-c3noc(C4CCC4)n3)cc2)CC1. The molecule has 1 saturated carbocycles. The molecule has 0 bridgehead atoms. The monoisotopic (exact) mass is 471 g/mol. The molecule has 178 valence electrons. The fourth-order valence-corrected chi connectivity index (χ4v) is 4.14. The Morgan fingerprint density at radius 1 is 1.03 bits per heavy atom. The molecule has 1 aromatic heterocycles. The third-order valence-corrected chi connectivity index (χ3v) is 6.39. The number of urea groups is 1. The minimum atomic E-state index is -4.45. The van der Waals surface area contributed by atoms with Gasteiger partial charge in [-0.2, -0.15) is 18.2 Å². The molecule has 5 rings (SSSR count). The zero-order valence-electron chi connectivity index (χ0n) is 18.4. The number of amides is 2. The number of hydrogen-bond acceptors (Lipinski definition) is 5. The van der Waals surface area contributed by atoms with E-state index in [1.807, 2.05) is 24.3 Å². The van der Waals surface area contributed by atoms with Crippen molar-refractivity contribution in [2.75, 3.05) is 36.4 Å². The molecule has 2 fully saturated rings.